The van der Waals surface area contributed by atoms with Crippen LogP contribution in [0.15, 0.2) is 18.2 Å². The zero-order chi connectivity index (χ0) is 11.6. The highest BCUT2D eigenvalue weighted by molar-refractivity contribution is 6.35. The molecular formula is C12H16Cl2N2. The maximum Gasteiger partial charge on any atom is 0.0465 e. The van der Waals surface area contributed by atoms with Crippen LogP contribution in [0.2, 0.25) is 10.0 Å². The van der Waals surface area contributed by atoms with E-state index in [0.29, 0.717) is 10.4 Å². The number of rotatable bonds is 5. The molecule has 0 bridgehead atoms. The van der Waals surface area contributed by atoms with Gasteiger partial charge in [-0.1, -0.05) is 29.3 Å². The third kappa shape index (κ3) is 2.89. The summed E-state index contributed by atoms with van der Waals surface area (Å²) >= 11 is 11.9. The number of halogens is 2. The van der Waals surface area contributed by atoms with Crippen molar-refractivity contribution in [2.75, 3.05) is 13.1 Å². The molecule has 2 rings (SSSR count). The highest BCUT2D eigenvalue weighted by Gasteiger charge is 2.40. The van der Waals surface area contributed by atoms with Crippen LogP contribution in [-0.2, 0) is 6.54 Å². The molecule has 88 valence electrons. The molecular weight excluding hydrogens is 243 g/mol. The van der Waals surface area contributed by atoms with Gasteiger partial charge in [-0.25, -0.2) is 0 Å². The van der Waals surface area contributed by atoms with Gasteiger partial charge in [0.15, 0.2) is 0 Å². The van der Waals surface area contributed by atoms with E-state index in [1.807, 2.05) is 12.1 Å². The lowest BCUT2D eigenvalue weighted by molar-refractivity contribution is 0.468. The molecule has 0 unspecified atom stereocenters. The third-order valence-electron chi connectivity index (χ3n) is 3.22. The maximum absolute atomic E-state index is 6.08. The van der Waals surface area contributed by atoms with E-state index in [0.717, 1.165) is 30.2 Å². The molecule has 1 aromatic carbocycles. The number of benzene rings is 1. The molecule has 4 heteroatoms. The zero-order valence-electron chi connectivity index (χ0n) is 9.10. The van der Waals surface area contributed by atoms with Crippen LogP contribution >= 0.6 is 23.2 Å². The molecule has 1 aromatic rings. The summed E-state index contributed by atoms with van der Waals surface area (Å²) in [6, 6.07) is 5.59. The minimum absolute atomic E-state index is 0.360. The smallest absolute Gasteiger partial charge is 0.0465 e. The number of hydrogen-bond acceptors (Lipinski definition) is 2. The molecule has 0 heterocycles. The monoisotopic (exact) mass is 258 g/mol. The standard InChI is InChI=1S/C12H16Cl2N2/c13-10-2-1-9(11(14)5-10)6-16-8-12(7-15)3-4-12/h1-2,5,16H,3-4,6-8,15H2. The first kappa shape index (κ1) is 12.2. The van der Waals surface area contributed by atoms with Gasteiger partial charge in [0.2, 0.25) is 0 Å². The summed E-state index contributed by atoms with van der Waals surface area (Å²) in [5.74, 6) is 0. The second-order valence-electron chi connectivity index (χ2n) is 4.54. The van der Waals surface area contributed by atoms with Crippen LogP contribution in [0, 0.1) is 5.41 Å². The zero-order valence-corrected chi connectivity index (χ0v) is 10.6. The van der Waals surface area contributed by atoms with E-state index in [1.165, 1.54) is 12.8 Å². The normalized spacial score (nSPS) is 17.4. The molecule has 0 amide bonds. The predicted octanol–water partition coefficient (Wildman–Crippen LogP) is 2.82. The Morgan fingerprint density at radius 2 is 2.06 bits per heavy atom. The first-order valence-electron chi connectivity index (χ1n) is 5.50. The van der Waals surface area contributed by atoms with Gasteiger partial charge in [-0.05, 0) is 42.5 Å². The Morgan fingerprint density at radius 1 is 1.31 bits per heavy atom. The Hall–Kier alpha value is -0.280. The summed E-state index contributed by atoms with van der Waals surface area (Å²) in [5.41, 5.74) is 7.16. The molecule has 0 atom stereocenters. The topological polar surface area (TPSA) is 38.0 Å². The second-order valence-corrected chi connectivity index (χ2v) is 5.39. The maximum atomic E-state index is 6.08. The number of nitrogens with one attached hydrogen (secondary N) is 1. The summed E-state index contributed by atoms with van der Waals surface area (Å²) in [6.45, 7) is 2.52. The van der Waals surface area contributed by atoms with Crippen molar-refractivity contribution in [2.45, 2.75) is 19.4 Å². The highest BCUT2D eigenvalue weighted by Crippen LogP contribution is 2.43. The van der Waals surface area contributed by atoms with Crippen molar-refractivity contribution in [1.82, 2.24) is 5.32 Å². The molecule has 1 aliphatic rings. The van der Waals surface area contributed by atoms with Crippen LogP contribution in [-0.4, -0.2) is 13.1 Å². The molecule has 2 nitrogen and oxygen atoms in total. The van der Waals surface area contributed by atoms with E-state index in [9.17, 15) is 0 Å². The summed E-state index contributed by atoms with van der Waals surface area (Å²) in [4.78, 5) is 0. The molecule has 0 spiro atoms. The van der Waals surface area contributed by atoms with Crippen LogP contribution in [0.25, 0.3) is 0 Å². The van der Waals surface area contributed by atoms with Gasteiger partial charge in [0.05, 0.1) is 0 Å². The number of nitrogens with two attached hydrogens (primary N) is 1. The van der Waals surface area contributed by atoms with Crippen molar-refractivity contribution in [3.05, 3.63) is 33.8 Å². The summed E-state index contributed by atoms with van der Waals surface area (Å²) < 4.78 is 0. The number of hydrogen-bond donors (Lipinski definition) is 2. The lowest BCUT2D eigenvalue weighted by Gasteiger charge is -2.13. The van der Waals surface area contributed by atoms with Crippen LogP contribution in [0.3, 0.4) is 0 Å². The van der Waals surface area contributed by atoms with E-state index in [2.05, 4.69) is 5.32 Å². The first-order valence-corrected chi connectivity index (χ1v) is 6.26. The summed E-state index contributed by atoms with van der Waals surface area (Å²) in [7, 11) is 0. The van der Waals surface area contributed by atoms with Crippen molar-refractivity contribution >= 4 is 23.2 Å². The lowest BCUT2D eigenvalue weighted by atomic mass is 10.1. The molecule has 16 heavy (non-hydrogen) atoms. The Bertz CT molecular complexity index is 375. The molecule has 3 N–H and O–H groups in total. The van der Waals surface area contributed by atoms with Crippen molar-refractivity contribution in [1.29, 1.82) is 0 Å². The first-order chi connectivity index (χ1) is 7.65. The highest BCUT2D eigenvalue weighted by atomic mass is 35.5. The van der Waals surface area contributed by atoms with Crippen LogP contribution in [0.5, 0.6) is 0 Å². The van der Waals surface area contributed by atoms with Crippen molar-refractivity contribution in [2.24, 2.45) is 11.1 Å². The fraction of sp³-hybridized carbons (Fsp3) is 0.500. The van der Waals surface area contributed by atoms with Crippen molar-refractivity contribution in [3.8, 4) is 0 Å². The van der Waals surface area contributed by atoms with E-state index >= 15 is 0 Å². The van der Waals surface area contributed by atoms with Crippen molar-refractivity contribution in [3.63, 3.8) is 0 Å². The molecule has 1 fully saturated rings. The quantitative estimate of drug-likeness (QED) is 0.853. The Balaban J connectivity index is 1.85. The van der Waals surface area contributed by atoms with Gasteiger partial charge in [0.25, 0.3) is 0 Å². The Kier molecular flexibility index (Phi) is 3.75. The molecule has 0 aliphatic heterocycles. The fourth-order valence-corrected chi connectivity index (χ4v) is 2.23. The van der Waals surface area contributed by atoms with Gasteiger partial charge in [-0.15, -0.1) is 0 Å². The summed E-state index contributed by atoms with van der Waals surface area (Å²) in [5, 5.41) is 4.80. The average molecular weight is 259 g/mol. The fourth-order valence-electron chi connectivity index (χ4n) is 1.76. The lowest BCUT2D eigenvalue weighted by Crippen LogP contribution is -2.29. The van der Waals surface area contributed by atoms with Gasteiger partial charge >= 0.3 is 0 Å². The molecule has 0 aromatic heterocycles. The van der Waals surface area contributed by atoms with Crippen LogP contribution < -0.4 is 11.1 Å². The van der Waals surface area contributed by atoms with E-state index in [-0.39, 0.29) is 0 Å². The van der Waals surface area contributed by atoms with Gasteiger partial charge in [-0.3, -0.25) is 0 Å². The van der Waals surface area contributed by atoms with E-state index in [1.54, 1.807) is 6.07 Å². The van der Waals surface area contributed by atoms with Gasteiger partial charge in [0, 0.05) is 23.1 Å². The molecule has 0 saturated heterocycles. The Labute approximate surface area is 106 Å². The third-order valence-corrected chi connectivity index (χ3v) is 3.81. The Morgan fingerprint density at radius 3 is 2.62 bits per heavy atom. The minimum atomic E-state index is 0.360. The minimum Gasteiger partial charge on any atom is -0.330 e. The molecule has 0 radical (unpaired) electrons. The molecule has 1 saturated carbocycles. The molecule has 1 aliphatic carbocycles. The second kappa shape index (κ2) is 4.92. The summed E-state index contributed by atoms with van der Waals surface area (Å²) in [6.07, 6.45) is 2.48. The van der Waals surface area contributed by atoms with Gasteiger partial charge < -0.3 is 11.1 Å². The van der Waals surface area contributed by atoms with Gasteiger partial charge in [-0.2, -0.15) is 0 Å². The predicted molar refractivity (Wildman–Crippen MR) is 68.9 cm³/mol. The SMILES string of the molecule is NCC1(CNCc2ccc(Cl)cc2Cl)CC1. The van der Waals surface area contributed by atoms with E-state index < -0.39 is 0 Å². The van der Waals surface area contributed by atoms with Gasteiger partial charge in [0.1, 0.15) is 0 Å². The van der Waals surface area contributed by atoms with Crippen LogP contribution in [0.1, 0.15) is 18.4 Å². The average Bonchev–Trinajstić information content (AvgIpc) is 3.02. The largest absolute Gasteiger partial charge is 0.330 e. The van der Waals surface area contributed by atoms with E-state index in [4.69, 9.17) is 28.9 Å². The van der Waals surface area contributed by atoms with Crippen LogP contribution in [0.4, 0.5) is 0 Å². The van der Waals surface area contributed by atoms with Crippen molar-refractivity contribution < 1.29 is 0 Å².